The van der Waals surface area contributed by atoms with Gasteiger partial charge in [0.25, 0.3) is 5.91 Å². The van der Waals surface area contributed by atoms with E-state index in [2.05, 4.69) is 20.5 Å². The molecule has 3 rings (SSSR count). The molecule has 0 aliphatic heterocycles. The van der Waals surface area contributed by atoms with Crippen molar-refractivity contribution in [2.75, 3.05) is 5.32 Å². The van der Waals surface area contributed by atoms with E-state index >= 15 is 0 Å². The third kappa shape index (κ3) is 2.15. The van der Waals surface area contributed by atoms with E-state index < -0.39 is 11.7 Å². The Morgan fingerprint density at radius 2 is 2.16 bits per heavy atom. The number of H-pyrrole nitrogens is 1. The van der Waals surface area contributed by atoms with Crippen molar-refractivity contribution in [1.82, 2.24) is 15.2 Å². The minimum Gasteiger partial charge on any atom is -0.305 e. The molecule has 6 heteroatoms. The van der Waals surface area contributed by atoms with Gasteiger partial charge in [-0.15, -0.1) is 0 Å². The fourth-order valence-corrected chi connectivity index (χ4v) is 1.77. The third-order valence-corrected chi connectivity index (χ3v) is 2.65. The van der Waals surface area contributed by atoms with Crippen LogP contribution < -0.4 is 5.32 Å². The summed E-state index contributed by atoms with van der Waals surface area (Å²) >= 11 is 0. The van der Waals surface area contributed by atoms with Gasteiger partial charge in [-0.25, -0.2) is 9.37 Å². The van der Waals surface area contributed by atoms with Gasteiger partial charge in [0.15, 0.2) is 5.69 Å². The molecule has 0 saturated heterocycles. The highest BCUT2D eigenvalue weighted by Crippen LogP contribution is 2.18. The van der Waals surface area contributed by atoms with E-state index in [4.69, 9.17) is 0 Å². The van der Waals surface area contributed by atoms with Gasteiger partial charge < -0.3 is 5.32 Å². The average Bonchev–Trinajstić information content (AvgIpc) is 2.82. The summed E-state index contributed by atoms with van der Waals surface area (Å²) in [5, 5.41) is 9.62. The highest BCUT2D eigenvalue weighted by Gasteiger charge is 2.15. The molecule has 0 bridgehead atoms. The number of aromatic nitrogens is 3. The zero-order chi connectivity index (χ0) is 13.2. The minimum atomic E-state index is -0.435. The number of benzene rings is 1. The predicted octanol–water partition coefficient (Wildman–Crippen LogP) is 2.35. The number of rotatable bonds is 2. The lowest BCUT2D eigenvalue weighted by molar-refractivity contribution is 0.102. The summed E-state index contributed by atoms with van der Waals surface area (Å²) in [6.45, 7) is 0. The lowest BCUT2D eigenvalue weighted by Gasteiger charge is -2.01. The number of carbonyl (C=O) groups is 1. The van der Waals surface area contributed by atoms with Gasteiger partial charge in [0.05, 0.1) is 5.52 Å². The van der Waals surface area contributed by atoms with Crippen LogP contribution in [0.15, 0.2) is 42.6 Å². The quantitative estimate of drug-likeness (QED) is 0.739. The lowest BCUT2D eigenvalue weighted by atomic mass is 10.2. The molecule has 2 aromatic heterocycles. The Kier molecular flexibility index (Phi) is 2.68. The summed E-state index contributed by atoms with van der Waals surface area (Å²) in [5.74, 6) is -0.434. The second-order valence-corrected chi connectivity index (χ2v) is 3.93. The second kappa shape index (κ2) is 4.49. The van der Waals surface area contributed by atoms with Crippen LogP contribution in [0.1, 0.15) is 10.5 Å². The molecule has 0 atom stereocenters. The van der Waals surface area contributed by atoms with Crippen molar-refractivity contribution in [3.8, 4) is 0 Å². The molecule has 2 heterocycles. The molecule has 2 N–H and O–H groups in total. The van der Waals surface area contributed by atoms with Gasteiger partial charge in [-0.1, -0.05) is 6.07 Å². The molecule has 94 valence electrons. The van der Waals surface area contributed by atoms with Crippen LogP contribution in [-0.4, -0.2) is 21.1 Å². The van der Waals surface area contributed by atoms with Crippen molar-refractivity contribution >= 4 is 22.6 Å². The van der Waals surface area contributed by atoms with Gasteiger partial charge in [0, 0.05) is 11.6 Å². The SMILES string of the molecule is O=C(Nc1ccccn1)c1n[nH]c2ccc(F)cc12. The van der Waals surface area contributed by atoms with E-state index in [0.717, 1.165) is 0 Å². The number of halogens is 1. The monoisotopic (exact) mass is 256 g/mol. The number of hydrogen-bond acceptors (Lipinski definition) is 3. The van der Waals surface area contributed by atoms with Crippen molar-refractivity contribution in [1.29, 1.82) is 0 Å². The Hall–Kier alpha value is -2.76. The van der Waals surface area contributed by atoms with Crippen LogP contribution in [0.5, 0.6) is 0 Å². The Balaban J connectivity index is 1.96. The van der Waals surface area contributed by atoms with E-state index in [0.29, 0.717) is 16.7 Å². The number of amides is 1. The number of hydrogen-bond donors (Lipinski definition) is 2. The van der Waals surface area contributed by atoms with Gasteiger partial charge in [-0.3, -0.25) is 9.89 Å². The Morgan fingerprint density at radius 3 is 2.95 bits per heavy atom. The molecule has 1 amide bonds. The molecule has 0 aliphatic carbocycles. The topological polar surface area (TPSA) is 70.7 Å². The largest absolute Gasteiger partial charge is 0.305 e. The summed E-state index contributed by atoms with van der Waals surface area (Å²) in [7, 11) is 0. The van der Waals surface area contributed by atoms with Crippen LogP contribution in [0.4, 0.5) is 10.2 Å². The maximum absolute atomic E-state index is 13.2. The summed E-state index contributed by atoms with van der Waals surface area (Å²) in [4.78, 5) is 16.0. The van der Waals surface area contributed by atoms with Crippen LogP contribution in [0.2, 0.25) is 0 Å². The Bertz CT molecular complexity index is 739. The predicted molar refractivity (Wildman–Crippen MR) is 68.2 cm³/mol. The number of anilines is 1. The Morgan fingerprint density at radius 1 is 1.26 bits per heavy atom. The molecule has 0 aliphatic rings. The highest BCUT2D eigenvalue weighted by molar-refractivity contribution is 6.10. The molecule has 0 fully saturated rings. The standard InChI is InChI=1S/C13H9FN4O/c14-8-4-5-10-9(7-8)12(18-17-10)13(19)16-11-3-1-2-6-15-11/h1-7H,(H,17,18)(H,15,16,19). The van der Waals surface area contributed by atoms with Crippen LogP contribution in [0, 0.1) is 5.82 Å². The number of aromatic amines is 1. The fourth-order valence-electron chi connectivity index (χ4n) is 1.77. The molecule has 19 heavy (non-hydrogen) atoms. The first-order valence-electron chi connectivity index (χ1n) is 5.60. The number of pyridine rings is 1. The van der Waals surface area contributed by atoms with Gasteiger partial charge in [-0.2, -0.15) is 5.10 Å². The van der Waals surface area contributed by atoms with Crippen LogP contribution in [-0.2, 0) is 0 Å². The molecule has 3 aromatic rings. The van der Waals surface area contributed by atoms with E-state index in [1.54, 1.807) is 24.4 Å². The summed E-state index contributed by atoms with van der Waals surface area (Å²) in [6, 6.07) is 9.27. The summed E-state index contributed by atoms with van der Waals surface area (Å²) < 4.78 is 13.2. The number of fused-ring (bicyclic) bond motifs is 1. The fraction of sp³-hybridized carbons (Fsp3) is 0. The molecular weight excluding hydrogens is 247 g/mol. The van der Waals surface area contributed by atoms with Crippen molar-refractivity contribution < 1.29 is 9.18 Å². The molecular formula is C13H9FN4O. The highest BCUT2D eigenvalue weighted by atomic mass is 19.1. The van der Waals surface area contributed by atoms with E-state index in [9.17, 15) is 9.18 Å². The third-order valence-electron chi connectivity index (χ3n) is 2.65. The minimum absolute atomic E-state index is 0.139. The molecule has 0 saturated carbocycles. The van der Waals surface area contributed by atoms with Crippen LogP contribution in [0.3, 0.4) is 0 Å². The van der Waals surface area contributed by atoms with Gasteiger partial charge in [0.2, 0.25) is 0 Å². The maximum Gasteiger partial charge on any atom is 0.277 e. The zero-order valence-corrected chi connectivity index (χ0v) is 9.72. The molecule has 1 aromatic carbocycles. The number of nitrogens with zero attached hydrogens (tertiary/aromatic N) is 2. The first kappa shape index (κ1) is 11.3. The smallest absolute Gasteiger partial charge is 0.277 e. The first-order chi connectivity index (χ1) is 9.24. The van der Waals surface area contributed by atoms with Crippen molar-refractivity contribution in [2.24, 2.45) is 0 Å². The maximum atomic E-state index is 13.2. The van der Waals surface area contributed by atoms with E-state index in [-0.39, 0.29) is 5.69 Å². The average molecular weight is 256 g/mol. The van der Waals surface area contributed by atoms with Crippen LogP contribution in [0.25, 0.3) is 10.9 Å². The first-order valence-corrected chi connectivity index (χ1v) is 5.60. The van der Waals surface area contributed by atoms with E-state index in [1.807, 2.05) is 0 Å². The van der Waals surface area contributed by atoms with Gasteiger partial charge >= 0.3 is 0 Å². The lowest BCUT2D eigenvalue weighted by Crippen LogP contribution is -2.13. The normalized spacial score (nSPS) is 10.6. The zero-order valence-electron chi connectivity index (χ0n) is 9.72. The number of carbonyl (C=O) groups excluding carboxylic acids is 1. The summed E-state index contributed by atoms with van der Waals surface area (Å²) in [5.41, 5.74) is 0.743. The van der Waals surface area contributed by atoms with Crippen molar-refractivity contribution in [3.05, 3.63) is 54.1 Å². The number of nitrogens with one attached hydrogen (secondary N) is 2. The van der Waals surface area contributed by atoms with E-state index in [1.165, 1.54) is 18.2 Å². The van der Waals surface area contributed by atoms with Crippen molar-refractivity contribution in [2.45, 2.75) is 0 Å². The van der Waals surface area contributed by atoms with Gasteiger partial charge in [-0.05, 0) is 30.3 Å². The molecule has 0 spiro atoms. The molecule has 0 unspecified atom stereocenters. The summed E-state index contributed by atoms with van der Waals surface area (Å²) in [6.07, 6.45) is 1.57. The second-order valence-electron chi connectivity index (χ2n) is 3.93. The Labute approximate surface area is 107 Å². The molecule has 0 radical (unpaired) electrons. The van der Waals surface area contributed by atoms with Crippen molar-refractivity contribution in [3.63, 3.8) is 0 Å². The van der Waals surface area contributed by atoms with Gasteiger partial charge in [0.1, 0.15) is 11.6 Å². The molecule has 5 nitrogen and oxygen atoms in total. The van der Waals surface area contributed by atoms with Crippen LogP contribution >= 0.6 is 0 Å².